The van der Waals surface area contributed by atoms with Crippen molar-refractivity contribution in [3.05, 3.63) is 34.6 Å². The highest BCUT2D eigenvalue weighted by Gasteiger charge is 2.42. The van der Waals surface area contributed by atoms with Gasteiger partial charge in [0.05, 0.1) is 5.56 Å². The van der Waals surface area contributed by atoms with Gasteiger partial charge in [0.1, 0.15) is 5.82 Å². The molecule has 1 heterocycles. The summed E-state index contributed by atoms with van der Waals surface area (Å²) in [5.74, 6) is 0.177. The molecule has 0 unspecified atom stereocenters. The van der Waals surface area contributed by atoms with E-state index in [1.807, 2.05) is 0 Å². The third-order valence-corrected chi connectivity index (χ3v) is 4.32. The lowest BCUT2D eigenvalue weighted by atomic mass is 9.99. The average Bonchev–Trinajstić information content (AvgIpc) is 3.12. The zero-order chi connectivity index (χ0) is 13.6. The normalized spacial score (nSPS) is 26.8. The van der Waals surface area contributed by atoms with Crippen molar-refractivity contribution >= 4 is 17.5 Å². The molecule has 1 saturated carbocycles. The van der Waals surface area contributed by atoms with E-state index in [1.165, 1.54) is 31.0 Å². The van der Waals surface area contributed by atoms with Gasteiger partial charge in [0, 0.05) is 24.2 Å². The van der Waals surface area contributed by atoms with Crippen molar-refractivity contribution in [2.24, 2.45) is 17.6 Å². The first-order valence-electron chi connectivity index (χ1n) is 6.56. The summed E-state index contributed by atoms with van der Waals surface area (Å²) in [6.07, 6.45) is 2.41. The van der Waals surface area contributed by atoms with E-state index >= 15 is 0 Å². The molecule has 3 rings (SSSR count). The first kappa shape index (κ1) is 12.9. The SMILES string of the molecule is N[C@@H]1CN(C(=O)c2ccc(Cl)cc2F)C[C@H]1C1CC1. The molecule has 5 heteroatoms. The number of nitrogens with two attached hydrogens (primary N) is 1. The Labute approximate surface area is 116 Å². The number of likely N-dealkylation sites (tertiary alicyclic amines) is 1. The van der Waals surface area contributed by atoms with Gasteiger partial charge in [-0.3, -0.25) is 4.79 Å². The molecule has 1 amide bonds. The molecular weight excluding hydrogens is 267 g/mol. The van der Waals surface area contributed by atoms with Gasteiger partial charge in [0.2, 0.25) is 0 Å². The molecule has 102 valence electrons. The van der Waals surface area contributed by atoms with Crippen LogP contribution in [-0.2, 0) is 0 Å². The second-order valence-electron chi connectivity index (χ2n) is 5.50. The number of nitrogens with zero attached hydrogens (tertiary/aromatic N) is 1. The van der Waals surface area contributed by atoms with E-state index < -0.39 is 5.82 Å². The molecular formula is C14H16ClFN2O. The quantitative estimate of drug-likeness (QED) is 0.905. The molecule has 1 aliphatic carbocycles. The number of carbonyl (C=O) groups excluding carboxylic acids is 1. The molecule has 19 heavy (non-hydrogen) atoms. The number of benzene rings is 1. The van der Waals surface area contributed by atoms with E-state index in [0.29, 0.717) is 29.9 Å². The van der Waals surface area contributed by atoms with Crippen LogP contribution in [0.15, 0.2) is 18.2 Å². The number of rotatable bonds is 2. The Morgan fingerprint density at radius 3 is 2.74 bits per heavy atom. The highest BCUT2D eigenvalue weighted by molar-refractivity contribution is 6.30. The molecule has 2 atom stereocenters. The van der Waals surface area contributed by atoms with Crippen LogP contribution in [0.1, 0.15) is 23.2 Å². The Morgan fingerprint density at radius 1 is 1.37 bits per heavy atom. The van der Waals surface area contributed by atoms with Crippen molar-refractivity contribution in [3.63, 3.8) is 0 Å². The van der Waals surface area contributed by atoms with E-state index in [4.69, 9.17) is 17.3 Å². The van der Waals surface area contributed by atoms with Gasteiger partial charge in [-0.05, 0) is 42.9 Å². The number of carbonyl (C=O) groups is 1. The highest BCUT2D eigenvalue weighted by atomic mass is 35.5. The second kappa shape index (κ2) is 4.76. The van der Waals surface area contributed by atoms with Crippen molar-refractivity contribution in [1.29, 1.82) is 0 Å². The summed E-state index contributed by atoms with van der Waals surface area (Å²) in [6, 6.07) is 4.16. The van der Waals surface area contributed by atoms with Crippen LogP contribution in [0.2, 0.25) is 5.02 Å². The van der Waals surface area contributed by atoms with Crippen molar-refractivity contribution in [2.45, 2.75) is 18.9 Å². The fourth-order valence-electron chi connectivity index (χ4n) is 2.88. The molecule has 1 aliphatic heterocycles. The number of hydrogen-bond donors (Lipinski definition) is 1. The number of halogens is 2. The van der Waals surface area contributed by atoms with Gasteiger partial charge in [-0.25, -0.2) is 4.39 Å². The predicted molar refractivity (Wildman–Crippen MR) is 71.5 cm³/mol. The minimum Gasteiger partial charge on any atom is -0.337 e. The number of amides is 1. The lowest BCUT2D eigenvalue weighted by molar-refractivity contribution is 0.0780. The van der Waals surface area contributed by atoms with Crippen LogP contribution in [-0.4, -0.2) is 29.9 Å². The monoisotopic (exact) mass is 282 g/mol. The molecule has 0 spiro atoms. The molecule has 1 aromatic carbocycles. The fraction of sp³-hybridized carbons (Fsp3) is 0.500. The molecule has 2 aliphatic rings. The Hall–Kier alpha value is -1.13. The Balaban J connectivity index is 1.77. The van der Waals surface area contributed by atoms with Crippen LogP contribution in [0.25, 0.3) is 0 Å². The summed E-state index contributed by atoms with van der Waals surface area (Å²) in [6.45, 7) is 1.16. The largest absolute Gasteiger partial charge is 0.337 e. The standard InChI is InChI=1S/C14H16ClFN2O/c15-9-3-4-10(12(16)5-9)14(19)18-6-11(8-1-2-8)13(17)7-18/h3-5,8,11,13H,1-2,6-7,17H2/t11-,13+/m0/s1. The third-order valence-electron chi connectivity index (χ3n) is 4.09. The minimum atomic E-state index is -0.569. The van der Waals surface area contributed by atoms with Crippen LogP contribution in [0.5, 0.6) is 0 Å². The van der Waals surface area contributed by atoms with Crippen molar-refractivity contribution in [1.82, 2.24) is 4.90 Å². The summed E-state index contributed by atoms with van der Waals surface area (Å²) < 4.78 is 13.8. The van der Waals surface area contributed by atoms with Gasteiger partial charge < -0.3 is 10.6 Å². The van der Waals surface area contributed by atoms with Crippen LogP contribution < -0.4 is 5.73 Å². The van der Waals surface area contributed by atoms with E-state index in [1.54, 1.807) is 4.90 Å². The van der Waals surface area contributed by atoms with Crippen LogP contribution >= 0.6 is 11.6 Å². The molecule has 2 N–H and O–H groups in total. The van der Waals surface area contributed by atoms with E-state index in [0.717, 1.165) is 0 Å². The topological polar surface area (TPSA) is 46.3 Å². The van der Waals surface area contributed by atoms with E-state index in [2.05, 4.69) is 0 Å². The first-order valence-corrected chi connectivity index (χ1v) is 6.94. The molecule has 2 fully saturated rings. The maximum Gasteiger partial charge on any atom is 0.256 e. The smallest absolute Gasteiger partial charge is 0.256 e. The second-order valence-corrected chi connectivity index (χ2v) is 5.94. The lowest BCUT2D eigenvalue weighted by Crippen LogP contribution is -2.32. The molecule has 3 nitrogen and oxygen atoms in total. The summed E-state index contributed by atoms with van der Waals surface area (Å²) in [5, 5.41) is 0.294. The molecule has 0 bridgehead atoms. The molecule has 1 saturated heterocycles. The summed E-state index contributed by atoms with van der Waals surface area (Å²) in [4.78, 5) is 14.0. The maximum atomic E-state index is 13.8. The summed E-state index contributed by atoms with van der Waals surface area (Å²) in [7, 11) is 0. The van der Waals surface area contributed by atoms with Crippen LogP contribution in [0.4, 0.5) is 4.39 Å². The van der Waals surface area contributed by atoms with Crippen molar-refractivity contribution < 1.29 is 9.18 Å². The van der Waals surface area contributed by atoms with E-state index in [9.17, 15) is 9.18 Å². The highest BCUT2D eigenvalue weighted by Crippen LogP contribution is 2.41. The summed E-state index contributed by atoms with van der Waals surface area (Å²) >= 11 is 5.69. The van der Waals surface area contributed by atoms with Gasteiger partial charge in [-0.2, -0.15) is 0 Å². The van der Waals surface area contributed by atoms with E-state index in [-0.39, 0.29) is 17.5 Å². The zero-order valence-electron chi connectivity index (χ0n) is 10.5. The van der Waals surface area contributed by atoms with Gasteiger partial charge in [0.25, 0.3) is 5.91 Å². The lowest BCUT2D eigenvalue weighted by Gasteiger charge is -2.16. The van der Waals surface area contributed by atoms with Gasteiger partial charge in [-0.1, -0.05) is 11.6 Å². The van der Waals surface area contributed by atoms with Crippen LogP contribution in [0, 0.1) is 17.7 Å². The fourth-order valence-corrected chi connectivity index (χ4v) is 3.04. The Morgan fingerprint density at radius 2 is 2.11 bits per heavy atom. The molecule has 1 aromatic rings. The van der Waals surface area contributed by atoms with Gasteiger partial charge >= 0.3 is 0 Å². The summed E-state index contributed by atoms with van der Waals surface area (Å²) in [5.41, 5.74) is 6.16. The van der Waals surface area contributed by atoms with Crippen LogP contribution in [0.3, 0.4) is 0 Å². The predicted octanol–water partition coefficient (Wildman–Crippen LogP) is 2.29. The maximum absolute atomic E-state index is 13.8. The first-order chi connectivity index (χ1) is 9.06. The number of hydrogen-bond acceptors (Lipinski definition) is 2. The van der Waals surface area contributed by atoms with Crippen molar-refractivity contribution in [3.8, 4) is 0 Å². The average molecular weight is 283 g/mol. The Bertz CT molecular complexity index is 518. The van der Waals surface area contributed by atoms with Gasteiger partial charge in [-0.15, -0.1) is 0 Å². The zero-order valence-corrected chi connectivity index (χ0v) is 11.2. The molecule has 0 aromatic heterocycles. The molecule has 0 radical (unpaired) electrons. The Kier molecular flexibility index (Phi) is 3.23. The minimum absolute atomic E-state index is 0.0202. The van der Waals surface area contributed by atoms with Crippen molar-refractivity contribution in [2.75, 3.05) is 13.1 Å². The van der Waals surface area contributed by atoms with Gasteiger partial charge in [0.15, 0.2) is 0 Å². The third kappa shape index (κ3) is 2.47.